The number of nitroso groups, excluding NO2 is 1. The van der Waals surface area contributed by atoms with Crippen molar-refractivity contribution in [2.75, 3.05) is 13.1 Å². The lowest BCUT2D eigenvalue weighted by Crippen LogP contribution is -2.30. The summed E-state index contributed by atoms with van der Waals surface area (Å²) in [6, 6.07) is 4.30. The summed E-state index contributed by atoms with van der Waals surface area (Å²) in [4.78, 5) is 10.8. The van der Waals surface area contributed by atoms with Crippen LogP contribution < -0.4 is 10.5 Å². The van der Waals surface area contributed by atoms with Crippen molar-refractivity contribution in [3.05, 3.63) is 28.7 Å². The van der Waals surface area contributed by atoms with Crippen LogP contribution in [0.15, 0.2) is 28.3 Å². The molecular weight excluding hydrogens is 266 g/mol. The van der Waals surface area contributed by atoms with E-state index in [2.05, 4.69) is 10.5 Å². The summed E-state index contributed by atoms with van der Waals surface area (Å²) in [6.45, 7) is 1.94. The van der Waals surface area contributed by atoms with E-state index in [0.29, 0.717) is 5.92 Å². The average molecular weight is 283 g/mol. The molecule has 1 aliphatic rings. The summed E-state index contributed by atoms with van der Waals surface area (Å²) >= 11 is 0. The largest absolute Gasteiger partial charge is 0.316 e. The molecule has 19 heavy (non-hydrogen) atoms. The molecule has 0 aromatic heterocycles. The zero-order valence-electron chi connectivity index (χ0n) is 10.5. The van der Waals surface area contributed by atoms with E-state index in [0.717, 1.165) is 37.9 Å². The van der Waals surface area contributed by atoms with Gasteiger partial charge < -0.3 is 5.32 Å². The topological polar surface area (TPSA) is 102 Å². The van der Waals surface area contributed by atoms with Crippen molar-refractivity contribution >= 4 is 15.7 Å². The molecule has 0 aliphatic carbocycles. The Morgan fingerprint density at radius 3 is 2.79 bits per heavy atom. The van der Waals surface area contributed by atoms with Crippen molar-refractivity contribution in [2.24, 2.45) is 16.2 Å². The van der Waals surface area contributed by atoms with Crippen LogP contribution in [0.4, 0.5) is 5.69 Å². The monoisotopic (exact) mass is 283 g/mol. The molecule has 1 heterocycles. The van der Waals surface area contributed by atoms with Crippen LogP contribution in [-0.2, 0) is 16.4 Å². The third-order valence-electron chi connectivity index (χ3n) is 3.39. The minimum atomic E-state index is -3.80. The molecule has 1 aromatic carbocycles. The molecule has 104 valence electrons. The minimum absolute atomic E-state index is 0.0763. The summed E-state index contributed by atoms with van der Waals surface area (Å²) < 4.78 is 22.5. The van der Waals surface area contributed by atoms with E-state index in [1.165, 1.54) is 12.1 Å². The fourth-order valence-corrected chi connectivity index (χ4v) is 2.92. The Balaban J connectivity index is 2.23. The van der Waals surface area contributed by atoms with Gasteiger partial charge in [0, 0.05) is 0 Å². The van der Waals surface area contributed by atoms with E-state index in [-0.39, 0.29) is 10.6 Å². The van der Waals surface area contributed by atoms with Gasteiger partial charge >= 0.3 is 0 Å². The second-order valence-corrected chi connectivity index (χ2v) is 6.40. The molecule has 1 unspecified atom stereocenters. The molecule has 2 rings (SSSR count). The number of hydrogen-bond donors (Lipinski definition) is 2. The second kappa shape index (κ2) is 5.77. The summed E-state index contributed by atoms with van der Waals surface area (Å²) in [5.41, 5.74) is 0.938. The van der Waals surface area contributed by atoms with Crippen molar-refractivity contribution < 1.29 is 8.42 Å². The number of nitrogens with two attached hydrogens (primary N) is 1. The van der Waals surface area contributed by atoms with E-state index < -0.39 is 10.0 Å². The van der Waals surface area contributed by atoms with Gasteiger partial charge in [0.15, 0.2) is 0 Å². The summed E-state index contributed by atoms with van der Waals surface area (Å²) in [7, 11) is -3.80. The Bertz CT molecular complexity index is 566. The number of primary sulfonamides is 1. The number of rotatable bonds is 4. The lowest BCUT2D eigenvalue weighted by atomic mass is 9.92. The van der Waals surface area contributed by atoms with Gasteiger partial charge in [0.25, 0.3) is 0 Å². The van der Waals surface area contributed by atoms with Gasteiger partial charge in [-0.15, -0.1) is 4.91 Å². The van der Waals surface area contributed by atoms with Crippen LogP contribution >= 0.6 is 0 Å². The number of benzene rings is 1. The van der Waals surface area contributed by atoms with Gasteiger partial charge in [0.05, 0.1) is 4.90 Å². The molecular formula is C12H17N3O3S. The average Bonchev–Trinajstić information content (AvgIpc) is 2.39. The molecule has 0 radical (unpaired) electrons. The highest BCUT2D eigenvalue weighted by Gasteiger charge is 2.17. The first-order chi connectivity index (χ1) is 9.00. The SMILES string of the molecule is NS(=O)(=O)c1ccc(CC2CCCNC2)c(N=O)c1. The maximum atomic E-state index is 11.2. The number of hydrogen-bond acceptors (Lipinski definition) is 5. The van der Waals surface area contributed by atoms with E-state index >= 15 is 0 Å². The predicted octanol–water partition coefficient (Wildman–Crippen LogP) is 1.27. The fourth-order valence-electron chi connectivity index (χ4n) is 2.39. The Hall–Kier alpha value is -1.31. The molecule has 1 aromatic rings. The van der Waals surface area contributed by atoms with Crippen LogP contribution in [-0.4, -0.2) is 21.5 Å². The van der Waals surface area contributed by atoms with Gasteiger partial charge in [-0.2, -0.15) is 0 Å². The van der Waals surface area contributed by atoms with E-state index in [4.69, 9.17) is 5.14 Å². The standard InChI is InChI=1S/C12H17N3O3S/c13-19(17,18)11-4-3-10(12(7-11)15-16)6-9-2-1-5-14-8-9/h3-4,7,9,14H,1-2,5-6,8H2,(H2,13,17,18). The molecule has 0 amide bonds. The van der Waals surface area contributed by atoms with Crippen molar-refractivity contribution in [3.8, 4) is 0 Å². The molecule has 0 bridgehead atoms. The van der Waals surface area contributed by atoms with Crippen LogP contribution in [0.5, 0.6) is 0 Å². The third-order valence-corrected chi connectivity index (χ3v) is 4.30. The van der Waals surface area contributed by atoms with Gasteiger partial charge in [0.1, 0.15) is 5.69 Å². The molecule has 3 N–H and O–H groups in total. The molecule has 7 heteroatoms. The number of sulfonamides is 1. The molecule has 1 saturated heterocycles. The lowest BCUT2D eigenvalue weighted by molar-refractivity contribution is 0.376. The highest BCUT2D eigenvalue weighted by atomic mass is 32.2. The first-order valence-corrected chi connectivity index (χ1v) is 7.75. The summed E-state index contributed by atoms with van der Waals surface area (Å²) in [5.74, 6) is 0.453. The van der Waals surface area contributed by atoms with Crippen LogP contribution in [0, 0.1) is 10.8 Å². The number of piperidine rings is 1. The molecule has 1 aliphatic heterocycles. The van der Waals surface area contributed by atoms with Crippen LogP contribution in [0.25, 0.3) is 0 Å². The van der Waals surface area contributed by atoms with Gasteiger partial charge in [0.2, 0.25) is 10.0 Å². The van der Waals surface area contributed by atoms with Crippen molar-refractivity contribution in [1.82, 2.24) is 5.32 Å². The normalized spacial score (nSPS) is 20.2. The molecule has 0 spiro atoms. The zero-order chi connectivity index (χ0) is 13.9. The molecule has 0 saturated carbocycles. The Labute approximate surface area is 112 Å². The maximum Gasteiger partial charge on any atom is 0.238 e. The first-order valence-electron chi connectivity index (χ1n) is 6.20. The van der Waals surface area contributed by atoms with E-state index in [1.54, 1.807) is 6.07 Å². The molecule has 1 fully saturated rings. The number of nitrogens with zero attached hydrogens (tertiary/aromatic N) is 1. The van der Waals surface area contributed by atoms with Gasteiger partial charge in [-0.3, -0.25) is 0 Å². The van der Waals surface area contributed by atoms with Gasteiger partial charge in [-0.1, -0.05) is 6.07 Å². The highest BCUT2D eigenvalue weighted by Crippen LogP contribution is 2.27. The van der Waals surface area contributed by atoms with Gasteiger partial charge in [-0.25, -0.2) is 13.6 Å². The Morgan fingerprint density at radius 2 is 2.21 bits per heavy atom. The molecule has 1 atom stereocenters. The first kappa shape index (κ1) is 14.1. The maximum absolute atomic E-state index is 11.2. The van der Waals surface area contributed by atoms with Gasteiger partial charge in [-0.05, 0) is 61.1 Å². The van der Waals surface area contributed by atoms with Crippen LogP contribution in [0.2, 0.25) is 0 Å². The van der Waals surface area contributed by atoms with Crippen LogP contribution in [0.1, 0.15) is 18.4 Å². The number of nitrogens with one attached hydrogen (secondary N) is 1. The van der Waals surface area contributed by atoms with Crippen molar-refractivity contribution in [2.45, 2.75) is 24.2 Å². The third kappa shape index (κ3) is 3.59. The van der Waals surface area contributed by atoms with Crippen LogP contribution in [0.3, 0.4) is 0 Å². The van der Waals surface area contributed by atoms with E-state index in [1.807, 2.05) is 0 Å². The second-order valence-electron chi connectivity index (χ2n) is 4.84. The summed E-state index contributed by atoms with van der Waals surface area (Å²) in [5, 5.41) is 11.3. The quantitative estimate of drug-likeness (QED) is 0.812. The predicted molar refractivity (Wildman–Crippen MR) is 72.6 cm³/mol. The molecule has 6 nitrogen and oxygen atoms in total. The Kier molecular flexibility index (Phi) is 4.28. The van der Waals surface area contributed by atoms with Crippen molar-refractivity contribution in [3.63, 3.8) is 0 Å². The highest BCUT2D eigenvalue weighted by molar-refractivity contribution is 7.89. The zero-order valence-corrected chi connectivity index (χ0v) is 11.3. The summed E-state index contributed by atoms with van der Waals surface area (Å²) in [6.07, 6.45) is 2.94. The van der Waals surface area contributed by atoms with E-state index in [9.17, 15) is 13.3 Å². The minimum Gasteiger partial charge on any atom is -0.316 e. The Morgan fingerprint density at radius 1 is 1.42 bits per heavy atom. The van der Waals surface area contributed by atoms with Crippen molar-refractivity contribution in [1.29, 1.82) is 0 Å². The fraction of sp³-hybridized carbons (Fsp3) is 0.500. The smallest absolute Gasteiger partial charge is 0.238 e. The lowest BCUT2D eigenvalue weighted by Gasteiger charge is -2.23.